The van der Waals surface area contributed by atoms with E-state index in [1.807, 2.05) is 18.2 Å². The van der Waals surface area contributed by atoms with Crippen LogP contribution in [0.4, 0.5) is 19.3 Å². The number of nitrogens with zero attached hydrogens (tertiary/aromatic N) is 4. The topological polar surface area (TPSA) is 102 Å². The number of alkyl halides is 2. The van der Waals surface area contributed by atoms with Crippen LogP contribution in [0.1, 0.15) is 42.6 Å². The first kappa shape index (κ1) is 23.8. The molecule has 0 saturated carbocycles. The van der Waals surface area contributed by atoms with Crippen molar-refractivity contribution in [2.24, 2.45) is 4.99 Å². The smallest absolute Gasteiger partial charge is 0.335 e. The highest BCUT2D eigenvalue weighted by atomic mass is 19.3. The number of carbonyl (C=O) groups excluding carboxylic acids is 1. The van der Waals surface area contributed by atoms with Crippen LogP contribution < -0.4 is 4.90 Å². The zero-order valence-corrected chi connectivity index (χ0v) is 20.1. The molecule has 1 saturated heterocycles. The van der Waals surface area contributed by atoms with E-state index >= 15 is 0 Å². The first-order valence-electron chi connectivity index (χ1n) is 12.2. The summed E-state index contributed by atoms with van der Waals surface area (Å²) < 4.78 is 26.1. The van der Waals surface area contributed by atoms with E-state index in [4.69, 9.17) is 5.11 Å². The molecule has 3 heterocycles. The van der Waals surface area contributed by atoms with Gasteiger partial charge in [-0.1, -0.05) is 30.4 Å². The predicted molar refractivity (Wildman–Crippen MR) is 139 cm³/mol. The maximum Gasteiger partial charge on any atom is 0.335 e. The number of fused-ring (bicyclic) bond motifs is 2. The van der Waals surface area contributed by atoms with E-state index in [1.165, 1.54) is 12.1 Å². The number of carboxylic acid groups (broad SMARTS) is 1. The molecule has 3 aliphatic rings. The molecule has 2 aromatic carbocycles. The lowest BCUT2D eigenvalue weighted by Crippen LogP contribution is -2.34. The van der Waals surface area contributed by atoms with Crippen LogP contribution >= 0.6 is 0 Å². The minimum absolute atomic E-state index is 0.0564. The van der Waals surface area contributed by atoms with Crippen LogP contribution in [-0.4, -0.2) is 44.4 Å². The number of imidazole rings is 1. The number of halogens is 2. The molecule has 38 heavy (non-hydrogen) atoms. The molecule has 1 fully saturated rings. The van der Waals surface area contributed by atoms with E-state index in [0.29, 0.717) is 47.4 Å². The maximum atomic E-state index is 13.7. The number of hydrogen-bond acceptors (Lipinski definition) is 4. The van der Waals surface area contributed by atoms with Crippen LogP contribution in [0.3, 0.4) is 0 Å². The van der Waals surface area contributed by atoms with Gasteiger partial charge in [0.15, 0.2) is 6.17 Å². The number of aliphatic imine (C=N–C) groups is 1. The molecule has 0 bridgehead atoms. The Morgan fingerprint density at radius 1 is 1.13 bits per heavy atom. The maximum absolute atomic E-state index is 13.7. The average Bonchev–Trinajstić information content (AvgIpc) is 3.47. The number of carboxylic acids is 1. The number of allylic oxidation sites excluding steroid dienone is 5. The van der Waals surface area contributed by atoms with E-state index < -0.39 is 18.6 Å². The van der Waals surface area contributed by atoms with E-state index in [0.717, 1.165) is 17.0 Å². The van der Waals surface area contributed by atoms with Crippen LogP contribution in [0.25, 0.3) is 16.6 Å². The van der Waals surface area contributed by atoms with Crippen molar-refractivity contribution < 1.29 is 23.5 Å². The molecule has 2 N–H and O–H groups in total. The minimum Gasteiger partial charge on any atom is -0.481 e. The number of aromatic amines is 1. The second-order valence-electron chi connectivity index (χ2n) is 9.31. The number of carbonyl (C=O) groups is 2. The Hall–Kier alpha value is -4.60. The molecule has 6 rings (SSSR count). The molecule has 192 valence electrons. The van der Waals surface area contributed by atoms with Gasteiger partial charge in [0.25, 0.3) is 6.43 Å². The summed E-state index contributed by atoms with van der Waals surface area (Å²) in [7, 11) is 0. The molecule has 8 nitrogen and oxygen atoms in total. The van der Waals surface area contributed by atoms with Crippen molar-refractivity contribution in [3.05, 3.63) is 89.0 Å². The Kier molecular flexibility index (Phi) is 5.86. The highest BCUT2D eigenvalue weighted by Gasteiger charge is 2.44. The average molecular weight is 516 g/mol. The monoisotopic (exact) mass is 515 g/mol. The largest absolute Gasteiger partial charge is 0.481 e. The third-order valence-electron chi connectivity index (χ3n) is 6.89. The fourth-order valence-electron chi connectivity index (χ4n) is 5.06. The zero-order valence-electron chi connectivity index (χ0n) is 20.1. The highest BCUT2D eigenvalue weighted by molar-refractivity contribution is 6.00. The summed E-state index contributed by atoms with van der Waals surface area (Å²) in [5.74, 6) is -0.294. The number of rotatable bonds is 6. The van der Waals surface area contributed by atoms with Crippen LogP contribution in [0.2, 0.25) is 0 Å². The van der Waals surface area contributed by atoms with Gasteiger partial charge < -0.3 is 10.1 Å². The van der Waals surface area contributed by atoms with E-state index in [9.17, 15) is 18.4 Å². The molecular weight excluding hydrogens is 492 g/mol. The summed E-state index contributed by atoms with van der Waals surface area (Å²) in [5.41, 5.74) is 4.95. The first-order valence-corrected chi connectivity index (χ1v) is 12.2. The van der Waals surface area contributed by atoms with Crippen molar-refractivity contribution in [2.45, 2.75) is 38.3 Å². The Bertz CT molecular complexity index is 1570. The molecule has 0 spiro atoms. The molecule has 1 atom stereocenters. The van der Waals surface area contributed by atoms with Gasteiger partial charge in [-0.2, -0.15) is 0 Å². The Morgan fingerprint density at radius 3 is 2.66 bits per heavy atom. The fraction of sp³-hybridized carbons (Fsp3) is 0.214. The lowest BCUT2D eigenvalue weighted by molar-refractivity contribution is -0.136. The fourth-order valence-corrected chi connectivity index (χ4v) is 5.06. The molecule has 0 radical (unpaired) electrons. The number of nitrogens with one attached hydrogen (secondary N) is 1. The van der Waals surface area contributed by atoms with Crippen LogP contribution in [0, 0.1) is 0 Å². The number of benzene rings is 2. The van der Waals surface area contributed by atoms with Crippen molar-refractivity contribution in [3.8, 4) is 0 Å². The molecule has 3 aromatic rings. The molecular formula is C28H23F2N5O3. The number of amides is 2. The molecule has 1 aliphatic carbocycles. The predicted octanol–water partition coefficient (Wildman–Crippen LogP) is 5.82. The quantitative estimate of drug-likeness (QED) is 0.432. The van der Waals surface area contributed by atoms with Gasteiger partial charge >= 0.3 is 12.0 Å². The summed E-state index contributed by atoms with van der Waals surface area (Å²) in [5, 5.41) is 9.04. The van der Waals surface area contributed by atoms with Gasteiger partial charge in [-0.25, -0.2) is 18.6 Å². The van der Waals surface area contributed by atoms with Gasteiger partial charge in [0, 0.05) is 29.6 Å². The standard InChI is InChI=1S/C28H23F2N5O3/c29-25(30)18-7-12-21-22(15-18)33-26(32-21)17-5-10-19(11-6-17)34-23-2-1-13-31-27(23)35(28(34)38)20-8-3-16(4-9-20)14-24(36)37/h2-5,7-10,12-13,15,25,27H,1,6,11,14H2,(H,32,33)(H,36,37). The van der Waals surface area contributed by atoms with Gasteiger partial charge in [0.2, 0.25) is 0 Å². The normalized spacial score (nSPS) is 19.1. The van der Waals surface area contributed by atoms with E-state index in [1.54, 1.807) is 46.3 Å². The molecule has 1 aromatic heterocycles. The Labute approximate surface area is 216 Å². The summed E-state index contributed by atoms with van der Waals surface area (Å²) >= 11 is 0. The lowest BCUT2D eigenvalue weighted by Gasteiger charge is -2.24. The Morgan fingerprint density at radius 2 is 1.95 bits per heavy atom. The molecule has 2 amide bonds. The first-order chi connectivity index (χ1) is 18.4. The SMILES string of the molecule is O=C(O)Cc1ccc(N2C(=O)N(C3=CC=C(c4nc5ccc(C(F)F)cc5[nH]4)CC3)C3=CCC=NC32)cc1. The van der Waals surface area contributed by atoms with Crippen molar-refractivity contribution in [1.29, 1.82) is 0 Å². The van der Waals surface area contributed by atoms with Gasteiger partial charge in [0.05, 0.1) is 23.2 Å². The van der Waals surface area contributed by atoms with Gasteiger partial charge in [-0.3, -0.25) is 19.6 Å². The summed E-state index contributed by atoms with van der Waals surface area (Å²) in [6, 6.07) is 11.1. The number of hydrogen-bond donors (Lipinski definition) is 2. The molecule has 1 unspecified atom stereocenters. The van der Waals surface area contributed by atoms with E-state index in [-0.39, 0.29) is 18.0 Å². The number of aliphatic carboxylic acids is 1. The number of anilines is 1. The van der Waals surface area contributed by atoms with Crippen molar-refractivity contribution in [1.82, 2.24) is 14.9 Å². The van der Waals surface area contributed by atoms with Crippen molar-refractivity contribution >= 4 is 40.5 Å². The zero-order chi connectivity index (χ0) is 26.4. The lowest BCUT2D eigenvalue weighted by atomic mass is 10.0. The summed E-state index contributed by atoms with van der Waals surface area (Å²) in [6.07, 6.45) is 6.26. The van der Waals surface area contributed by atoms with Crippen LogP contribution in [0.5, 0.6) is 0 Å². The minimum atomic E-state index is -2.55. The van der Waals surface area contributed by atoms with Crippen molar-refractivity contribution in [2.75, 3.05) is 4.90 Å². The third kappa shape index (κ3) is 4.17. The number of dihydropyridines is 1. The van der Waals surface area contributed by atoms with Gasteiger partial charge in [0.1, 0.15) is 5.82 Å². The highest BCUT2D eigenvalue weighted by Crippen LogP contribution is 2.39. The van der Waals surface area contributed by atoms with Crippen molar-refractivity contribution in [3.63, 3.8) is 0 Å². The number of urea groups is 1. The number of H-pyrrole nitrogens is 1. The van der Waals surface area contributed by atoms with Crippen LogP contribution in [0.15, 0.2) is 77.1 Å². The third-order valence-corrected chi connectivity index (χ3v) is 6.89. The van der Waals surface area contributed by atoms with Gasteiger partial charge in [-0.05, 0) is 54.3 Å². The molecule has 10 heteroatoms. The van der Waals surface area contributed by atoms with E-state index in [2.05, 4.69) is 15.0 Å². The summed E-state index contributed by atoms with van der Waals surface area (Å²) in [4.78, 5) is 40.3. The second kappa shape index (κ2) is 9.37. The Balaban J connectivity index is 1.28. The summed E-state index contributed by atoms with van der Waals surface area (Å²) in [6.45, 7) is 0. The second-order valence-corrected chi connectivity index (χ2v) is 9.31. The van der Waals surface area contributed by atoms with Crippen LogP contribution in [-0.2, 0) is 11.2 Å². The molecule has 2 aliphatic heterocycles. The number of aromatic nitrogens is 2. The van der Waals surface area contributed by atoms with Gasteiger partial charge in [-0.15, -0.1) is 0 Å².